The molecule has 3 fully saturated rings. The van der Waals surface area contributed by atoms with Gasteiger partial charge in [-0.25, -0.2) is 0 Å². The number of hydrogen-bond acceptors (Lipinski definition) is 6. The minimum absolute atomic E-state index is 0.0188. The molecule has 1 aliphatic carbocycles. The number of nitriles is 1. The fraction of sp³-hybridized carbons (Fsp3) is 0.708. The van der Waals surface area contributed by atoms with Crippen LogP contribution in [0.3, 0.4) is 0 Å². The van der Waals surface area contributed by atoms with Crippen molar-refractivity contribution in [1.82, 2.24) is 15.1 Å². The Morgan fingerprint density at radius 3 is 2.62 bits per heavy atom. The van der Waals surface area contributed by atoms with E-state index in [2.05, 4.69) is 37.2 Å². The van der Waals surface area contributed by atoms with E-state index in [0.717, 1.165) is 31.5 Å². The zero-order valence-electron chi connectivity index (χ0n) is 18.7. The highest BCUT2D eigenvalue weighted by atomic mass is 79.9. The summed E-state index contributed by atoms with van der Waals surface area (Å²) in [5.41, 5.74) is 1.38. The number of nitrogens with zero attached hydrogens (tertiary/aromatic N) is 4. The van der Waals surface area contributed by atoms with Gasteiger partial charge in [0, 0.05) is 43.7 Å². The second-order valence-electron chi connectivity index (χ2n) is 10.1. The van der Waals surface area contributed by atoms with Crippen LogP contribution in [0, 0.1) is 16.7 Å². The lowest BCUT2D eigenvalue weighted by atomic mass is 9.76. The smallest absolute Gasteiger partial charge is 0.219 e. The second-order valence-corrected chi connectivity index (χ2v) is 11.1. The average molecular weight is 502 g/mol. The van der Waals surface area contributed by atoms with Gasteiger partial charge in [-0.2, -0.15) is 5.26 Å². The quantitative estimate of drug-likeness (QED) is 0.639. The Morgan fingerprint density at radius 2 is 1.97 bits per heavy atom. The highest BCUT2D eigenvalue weighted by Gasteiger charge is 2.42. The SMILES string of the molecule is CC(=O)N1CCC2(CCN(C3CCC(NC4N=Cc5oc(C#N)cc5C4Br)CC3)CC2)C1. The number of halogens is 1. The predicted octanol–water partition coefficient (Wildman–Crippen LogP) is 3.58. The van der Waals surface area contributed by atoms with Gasteiger partial charge in [-0.3, -0.25) is 15.1 Å². The molecule has 2 atom stereocenters. The Labute approximate surface area is 198 Å². The Hall–Kier alpha value is -1.69. The van der Waals surface area contributed by atoms with Gasteiger partial charge in [0.2, 0.25) is 11.7 Å². The molecule has 0 bridgehead atoms. The summed E-state index contributed by atoms with van der Waals surface area (Å²) < 4.78 is 5.50. The topological polar surface area (TPSA) is 84.9 Å². The van der Waals surface area contributed by atoms with Crippen LogP contribution in [-0.4, -0.2) is 66.4 Å². The number of piperidine rings is 1. The van der Waals surface area contributed by atoms with Crippen molar-refractivity contribution in [2.45, 2.75) is 74.9 Å². The summed E-state index contributed by atoms with van der Waals surface area (Å²) in [4.78, 5) is 21.1. The third-order valence-electron chi connectivity index (χ3n) is 8.19. The number of fused-ring (bicyclic) bond motifs is 1. The molecule has 0 radical (unpaired) electrons. The third-order valence-corrected chi connectivity index (χ3v) is 9.18. The van der Waals surface area contributed by atoms with Gasteiger partial charge in [0.15, 0.2) is 5.76 Å². The zero-order chi connectivity index (χ0) is 22.3. The first-order chi connectivity index (χ1) is 15.5. The first kappa shape index (κ1) is 22.1. The highest BCUT2D eigenvalue weighted by molar-refractivity contribution is 9.09. The van der Waals surface area contributed by atoms with Crippen LogP contribution in [0.15, 0.2) is 15.5 Å². The summed E-state index contributed by atoms with van der Waals surface area (Å²) in [5, 5.41) is 12.8. The number of likely N-dealkylation sites (tertiary alicyclic amines) is 2. The number of rotatable bonds is 3. The molecule has 1 spiro atoms. The minimum Gasteiger partial charge on any atom is -0.444 e. The van der Waals surface area contributed by atoms with E-state index >= 15 is 0 Å². The molecule has 32 heavy (non-hydrogen) atoms. The summed E-state index contributed by atoms with van der Waals surface area (Å²) in [7, 11) is 0. The van der Waals surface area contributed by atoms with E-state index in [1.807, 2.05) is 11.0 Å². The molecule has 4 heterocycles. The van der Waals surface area contributed by atoms with Crippen LogP contribution in [0.2, 0.25) is 0 Å². The Kier molecular flexibility index (Phi) is 6.17. The Bertz CT molecular complexity index is 921. The van der Waals surface area contributed by atoms with Crippen molar-refractivity contribution in [2.24, 2.45) is 10.4 Å². The van der Waals surface area contributed by atoms with Gasteiger partial charge in [-0.15, -0.1) is 0 Å². The van der Waals surface area contributed by atoms with Crippen LogP contribution < -0.4 is 5.32 Å². The molecule has 1 aromatic rings. The fourth-order valence-electron chi connectivity index (χ4n) is 6.14. The molecule has 1 saturated carbocycles. The Balaban J connectivity index is 1.09. The first-order valence-electron chi connectivity index (χ1n) is 11.9. The number of furan rings is 1. The number of carbonyl (C=O) groups is 1. The molecule has 2 saturated heterocycles. The lowest BCUT2D eigenvalue weighted by Crippen LogP contribution is -2.50. The van der Waals surface area contributed by atoms with E-state index in [1.165, 1.54) is 45.2 Å². The van der Waals surface area contributed by atoms with Crippen LogP contribution >= 0.6 is 15.9 Å². The van der Waals surface area contributed by atoms with Crippen LogP contribution in [0.4, 0.5) is 0 Å². The molecule has 4 aliphatic rings. The molecular weight excluding hydrogens is 470 g/mol. The molecule has 1 aromatic heterocycles. The molecule has 1 N–H and O–H groups in total. The van der Waals surface area contributed by atoms with Crippen LogP contribution in [0.1, 0.15) is 73.8 Å². The van der Waals surface area contributed by atoms with Gasteiger partial charge >= 0.3 is 0 Å². The van der Waals surface area contributed by atoms with Crippen molar-refractivity contribution in [3.8, 4) is 6.07 Å². The van der Waals surface area contributed by atoms with Crippen LogP contribution in [-0.2, 0) is 4.79 Å². The van der Waals surface area contributed by atoms with Gasteiger partial charge in [0.1, 0.15) is 12.2 Å². The normalized spacial score (nSPS) is 32.1. The fourth-order valence-corrected chi connectivity index (χ4v) is 6.78. The van der Waals surface area contributed by atoms with E-state index in [1.54, 1.807) is 13.1 Å². The second kappa shape index (κ2) is 8.92. The minimum atomic E-state index is -0.0328. The Morgan fingerprint density at radius 1 is 1.25 bits per heavy atom. The number of aliphatic imine (C=N–C) groups is 1. The van der Waals surface area contributed by atoms with Crippen molar-refractivity contribution in [2.75, 3.05) is 26.2 Å². The van der Waals surface area contributed by atoms with Crippen molar-refractivity contribution >= 4 is 28.1 Å². The standard InChI is InChI=1S/C24H32BrN5O2/c1-16(31)30-11-8-24(15-30)6-9-29(10-7-24)18-4-2-17(3-5-18)28-23-22(25)20-12-19(13-26)32-21(20)14-27-23/h12,14,17-18,22-23,28H,2-11,15H2,1H3. The van der Waals surface area contributed by atoms with E-state index in [4.69, 9.17) is 9.68 Å². The highest BCUT2D eigenvalue weighted by Crippen LogP contribution is 2.42. The molecule has 2 unspecified atom stereocenters. The van der Waals surface area contributed by atoms with Gasteiger partial charge in [-0.05, 0) is 63.5 Å². The molecule has 3 aliphatic heterocycles. The van der Waals surface area contributed by atoms with Gasteiger partial charge in [-0.1, -0.05) is 15.9 Å². The summed E-state index contributed by atoms with van der Waals surface area (Å²) in [6.45, 7) is 5.97. The first-order valence-corrected chi connectivity index (χ1v) is 12.8. The monoisotopic (exact) mass is 501 g/mol. The number of amides is 1. The van der Waals surface area contributed by atoms with Crippen molar-refractivity contribution in [3.05, 3.63) is 23.2 Å². The van der Waals surface area contributed by atoms with Crippen LogP contribution in [0.5, 0.6) is 0 Å². The molecule has 7 nitrogen and oxygen atoms in total. The van der Waals surface area contributed by atoms with E-state index < -0.39 is 0 Å². The van der Waals surface area contributed by atoms with Crippen molar-refractivity contribution in [3.63, 3.8) is 0 Å². The number of hydrogen-bond donors (Lipinski definition) is 1. The maximum absolute atomic E-state index is 11.7. The molecule has 5 rings (SSSR count). The van der Waals surface area contributed by atoms with E-state index in [0.29, 0.717) is 29.0 Å². The van der Waals surface area contributed by atoms with Crippen molar-refractivity contribution in [1.29, 1.82) is 5.26 Å². The zero-order valence-corrected chi connectivity index (χ0v) is 20.3. The predicted molar refractivity (Wildman–Crippen MR) is 126 cm³/mol. The maximum atomic E-state index is 11.7. The average Bonchev–Trinajstić information content (AvgIpc) is 3.42. The van der Waals surface area contributed by atoms with E-state index in [-0.39, 0.29) is 16.9 Å². The van der Waals surface area contributed by atoms with Gasteiger partial charge in [0.25, 0.3) is 0 Å². The summed E-state index contributed by atoms with van der Waals surface area (Å²) in [6, 6.07) is 5.03. The summed E-state index contributed by atoms with van der Waals surface area (Å²) in [5.74, 6) is 1.25. The summed E-state index contributed by atoms with van der Waals surface area (Å²) >= 11 is 3.76. The molecular formula is C24H32BrN5O2. The lowest BCUT2D eigenvalue weighted by Gasteiger charge is -2.45. The van der Waals surface area contributed by atoms with Gasteiger partial charge in [0.05, 0.1) is 11.0 Å². The van der Waals surface area contributed by atoms with Crippen LogP contribution in [0.25, 0.3) is 0 Å². The molecule has 8 heteroatoms. The number of carbonyl (C=O) groups excluding carboxylic acids is 1. The summed E-state index contributed by atoms with van der Waals surface area (Å²) in [6.07, 6.45) is 10.1. The number of nitrogens with one attached hydrogen (secondary N) is 1. The largest absolute Gasteiger partial charge is 0.444 e. The van der Waals surface area contributed by atoms with E-state index in [9.17, 15) is 4.79 Å². The van der Waals surface area contributed by atoms with Gasteiger partial charge < -0.3 is 14.2 Å². The van der Waals surface area contributed by atoms with Crippen molar-refractivity contribution < 1.29 is 9.21 Å². The maximum Gasteiger partial charge on any atom is 0.219 e. The molecule has 1 amide bonds. The third kappa shape index (κ3) is 4.27. The molecule has 172 valence electrons. The lowest BCUT2D eigenvalue weighted by molar-refractivity contribution is -0.128. The number of alkyl halides is 1. The molecule has 0 aromatic carbocycles.